The first-order valence-corrected chi connectivity index (χ1v) is 6.48. The number of carbonyl (C=O) groups excluding carboxylic acids is 2. The lowest BCUT2D eigenvalue weighted by molar-refractivity contribution is -0.173. The Kier molecular flexibility index (Phi) is 4.87. The normalized spacial score (nSPS) is 14.3. The summed E-state index contributed by atoms with van der Waals surface area (Å²) in [6, 6.07) is 4.61. The van der Waals surface area contributed by atoms with E-state index >= 15 is 0 Å². The van der Waals surface area contributed by atoms with Crippen LogP contribution in [0.25, 0.3) is 0 Å². The van der Waals surface area contributed by atoms with Gasteiger partial charge in [-0.3, -0.25) is 9.59 Å². The van der Waals surface area contributed by atoms with Crippen molar-refractivity contribution in [2.24, 2.45) is 0 Å². The standard InChI is InChI=1S/C14H12F4N2O3/c15-4-8(5-20-13(22)14(16,17)18)7-23-10-1-2-11-9(3-10)6-19-12(11)21/h1-4H,5-7H2,(H,19,21)(H,20,22)/b8-4+. The molecule has 9 heteroatoms. The summed E-state index contributed by atoms with van der Waals surface area (Å²) >= 11 is 0. The molecule has 1 aliphatic heterocycles. The quantitative estimate of drug-likeness (QED) is 0.809. The maximum atomic E-state index is 12.6. The van der Waals surface area contributed by atoms with Crippen LogP contribution in [0.2, 0.25) is 0 Å². The van der Waals surface area contributed by atoms with Gasteiger partial charge in [-0.05, 0) is 23.8 Å². The third-order valence-corrected chi connectivity index (χ3v) is 3.07. The number of halogens is 4. The number of amides is 2. The van der Waals surface area contributed by atoms with Crippen LogP contribution in [0.3, 0.4) is 0 Å². The molecule has 0 saturated carbocycles. The molecule has 0 bridgehead atoms. The van der Waals surface area contributed by atoms with E-state index in [9.17, 15) is 27.2 Å². The van der Waals surface area contributed by atoms with Crippen LogP contribution in [0.5, 0.6) is 5.75 Å². The molecule has 2 amide bonds. The van der Waals surface area contributed by atoms with Gasteiger partial charge in [-0.25, -0.2) is 4.39 Å². The molecule has 0 unspecified atom stereocenters. The fourth-order valence-corrected chi connectivity index (χ4v) is 1.89. The van der Waals surface area contributed by atoms with E-state index < -0.39 is 18.6 Å². The molecule has 2 N–H and O–H groups in total. The smallest absolute Gasteiger partial charge is 0.471 e. The van der Waals surface area contributed by atoms with Gasteiger partial charge in [0.05, 0.1) is 6.33 Å². The van der Waals surface area contributed by atoms with Gasteiger partial charge in [0.15, 0.2) is 0 Å². The van der Waals surface area contributed by atoms with E-state index in [-0.39, 0.29) is 24.4 Å². The molecule has 124 valence electrons. The molecule has 0 fully saturated rings. The van der Waals surface area contributed by atoms with Gasteiger partial charge >= 0.3 is 12.1 Å². The summed E-state index contributed by atoms with van der Waals surface area (Å²) in [6.07, 6.45) is -4.95. The molecule has 1 aromatic rings. The number of nitrogens with one attached hydrogen (secondary N) is 2. The minimum atomic E-state index is -5.03. The Morgan fingerprint density at radius 3 is 2.78 bits per heavy atom. The summed E-state index contributed by atoms with van der Waals surface area (Å²) in [4.78, 5) is 22.0. The van der Waals surface area contributed by atoms with Crippen LogP contribution in [0.1, 0.15) is 15.9 Å². The molecule has 0 saturated heterocycles. The van der Waals surface area contributed by atoms with E-state index in [2.05, 4.69) is 5.32 Å². The van der Waals surface area contributed by atoms with Crippen molar-refractivity contribution in [2.75, 3.05) is 13.2 Å². The lowest BCUT2D eigenvalue weighted by Crippen LogP contribution is -2.38. The SMILES string of the molecule is O=C1NCc2cc(OC/C(=C/F)CNC(=O)C(F)(F)F)ccc21. The molecule has 0 radical (unpaired) electrons. The fourth-order valence-electron chi connectivity index (χ4n) is 1.89. The number of rotatable bonds is 5. The number of carbonyl (C=O) groups is 2. The first-order chi connectivity index (χ1) is 10.8. The van der Waals surface area contributed by atoms with Crippen LogP contribution in [0.4, 0.5) is 17.6 Å². The molecular weight excluding hydrogens is 320 g/mol. The predicted octanol–water partition coefficient (Wildman–Crippen LogP) is 1.84. The molecule has 0 spiro atoms. The highest BCUT2D eigenvalue weighted by Gasteiger charge is 2.38. The Morgan fingerprint density at radius 2 is 2.13 bits per heavy atom. The first kappa shape index (κ1) is 16.8. The van der Waals surface area contributed by atoms with E-state index in [1.165, 1.54) is 12.1 Å². The number of hydrogen-bond donors (Lipinski definition) is 2. The van der Waals surface area contributed by atoms with Crippen molar-refractivity contribution in [2.45, 2.75) is 12.7 Å². The topological polar surface area (TPSA) is 67.4 Å². The van der Waals surface area contributed by atoms with Crippen LogP contribution in [0.15, 0.2) is 30.1 Å². The maximum Gasteiger partial charge on any atom is 0.471 e. The van der Waals surface area contributed by atoms with E-state index in [0.29, 0.717) is 23.4 Å². The highest BCUT2D eigenvalue weighted by molar-refractivity contribution is 5.98. The highest BCUT2D eigenvalue weighted by Crippen LogP contribution is 2.22. The second-order valence-corrected chi connectivity index (χ2v) is 4.74. The van der Waals surface area contributed by atoms with E-state index in [1.54, 1.807) is 11.4 Å². The van der Waals surface area contributed by atoms with Crippen molar-refractivity contribution < 1.29 is 31.9 Å². The fraction of sp³-hybridized carbons (Fsp3) is 0.286. The Morgan fingerprint density at radius 1 is 1.39 bits per heavy atom. The first-order valence-electron chi connectivity index (χ1n) is 6.48. The number of benzene rings is 1. The minimum absolute atomic E-state index is 0.0785. The number of hydrogen-bond acceptors (Lipinski definition) is 3. The van der Waals surface area contributed by atoms with Gasteiger partial charge in [0.1, 0.15) is 12.4 Å². The molecule has 0 aromatic heterocycles. The van der Waals surface area contributed by atoms with Crippen molar-refractivity contribution in [1.82, 2.24) is 10.6 Å². The molecule has 5 nitrogen and oxygen atoms in total. The molecule has 1 aromatic carbocycles. The van der Waals surface area contributed by atoms with Gasteiger partial charge in [-0.1, -0.05) is 0 Å². The summed E-state index contributed by atoms with van der Waals surface area (Å²) in [5, 5.41) is 4.17. The average molecular weight is 332 g/mol. The van der Waals surface area contributed by atoms with Crippen LogP contribution >= 0.6 is 0 Å². The maximum absolute atomic E-state index is 12.6. The molecule has 23 heavy (non-hydrogen) atoms. The van der Waals surface area contributed by atoms with Crippen molar-refractivity contribution >= 4 is 11.8 Å². The van der Waals surface area contributed by atoms with Gasteiger partial charge in [0, 0.05) is 24.2 Å². The van der Waals surface area contributed by atoms with E-state index in [1.807, 2.05) is 0 Å². The number of fused-ring (bicyclic) bond motifs is 1. The van der Waals surface area contributed by atoms with Crippen molar-refractivity contribution in [3.8, 4) is 5.75 Å². The second kappa shape index (κ2) is 6.67. The highest BCUT2D eigenvalue weighted by atomic mass is 19.4. The Bertz CT molecular complexity index is 656. The zero-order valence-electron chi connectivity index (χ0n) is 11.7. The lowest BCUT2D eigenvalue weighted by Gasteiger charge is -2.11. The van der Waals surface area contributed by atoms with Crippen LogP contribution in [-0.2, 0) is 11.3 Å². The average Bonchev–Trinajstić information content (AvgIpc) is 2.87. The summed E-state index contributed by atoms with van der Waals surface area (Å²) in [5.41, 5.74) is 1.05. The van der Waals surface area contributed by atoms with Gasteiger partial charge in [0.25, 0.3) is 5.91 Å². The van der Waals surface area contributed by atoms with Gasteiger partial charge in [-0.15, -0.1) is 0 Å². The van der Waals surface area contributed by atoms with Crippen molar-refractivity contribution in [3.05, 3.63) is 41.2 Å². The van der Waals surface area contributed by atoms with E-state index in [0.717, 1.165) is 0 Å². The summed E-state index contributed by atoms with van der Waals surface area (Å²) in [6.45, 7) is -0.618. The molecule has 0 aliphatic carbocycles. The van der Waals surface area contributed by atoms with Crippen LogP contribution < -0.4 is 15.4 Å². The molecule has 2 rings (SSSR count). The van der Waals surface area contributed by atoms with Crippen molar-refractivity contribution in [3.63, 3.8) is 0 Å². The molecule has 1 heterocycles. The summed E-state index contributed by atoms with van der Waals surface area (Å²) in [5.74, 6) is -2.02. The molecule has 1 aliphatic rings. The number of ether oxygens (including phenoxy) is 1. The molecule has 0 atom stereocenters. The van der Waals surface area contributed by atoms with E-state index in [4.69, 9.17) is 4.74 Å². The van der Waals surface area contributed by atoms with Crippen LogP contribution in [0, 0.1) is 0 Å². The summed E-state index contributed by atoms with van der Waals surface area (Å²) in [7, 11) is 0. The lowest BCUT2D eigenvalue weighted by atomic mass is 10.1. The third-order valence-electron chi connectivity index (χ3n) is 3.07. The molecular formula is C14H12F4N2O3. The summed E-state index contributed by atoms with van der Waals surface area (Å²) < 4.78 is 54.0. The van der Waals surface area contributed by atoms with Crippen molar-refractivity contribution in [1.29, 1.82) is 0 Å². The Balaban J connectivity index is 1.89. The third kappa shape index (κ3) is 4.21. The predicted molar refractivity (Wildman–Crippen MR) is 71.4 cm³/mol. The zero-order chi connectivity index (χ0) is 17.0. The number of alkyl halides is 3. The Hall–Kier alpha value is -2.58. The van der Waals surface area contributed by atoms with Gasteiger partial charge < -0.3 is 15.4 Å². The van der Waals surface area contributed by atoms with Gasteiger partial charge in [0.2, 0.25) is 0 Å². The van der Waals surface area contributed by atoms with Crippen LogP contribution in [-0.4, -0.2) is 31.1 Å². The second-order valence-electron chi connectivity index (χ2n) is 4.74. The monoisotopic (exact) mass is 332 g/mol. The largest absolute Gasteiger partial charge is 0.489 e. The zero-order valence-corrected chi connectivity index (χ0v) is 11.7. The van der Waals surface area contributed by atoms with Gasteiger partial charge in [-0.2, -0.15) is 13.2 Å². The Labute approximate surface area is 128 Å². The minimum Gasteiger partial charge on any atom is -0.489 e.